The van der Waals surface area contributed by atoms with Gasteiger partial charge in [-0.2, -0.15) is 13.2 Å². The number of halogens is 4. The van der Waals surface area contributed by atoms with E-state index in [1.807, 2.05) is 0 Å². The molecule has 1 aliphatic rings. The SMILES string of the molecule is O[C@@H]1Oc2ccc(Cl)cc2[C@H]1C(F)(F)F. The van der Waals surface area contributed by atoms with Crippen LogP contribution in [-0.4, -0.2) is 17.6 Å². The van der Waals surface area contributed by atoms with Crippen LogP contribution in [0.2, 0.25) is 5.02 Å². The molecule has 0 bridgehead atoms. The fourth-order valence-corrected chi connectivity index (χ4v) is 1.74. The van der Waals surface area contributed by atoms with E-state index in [2.05, 4.69) is 4.74 Å². The van der Waals surface area contributed by atoms with Crippen LogP contribution in [0.15, 0.2) is 18.2 Å². The van der Waals surface area contributed by atoms with Crippen LogP contribution in [0.3, 0.4) is 0 Å². The molecule has 1 N–H and O–H groups in total. The minimum absolute atomic E-state index is 0.0224. The van der Waals surface area contributed by atoms with Gasteiger partial charge >= 0.3 is 6.18 Å². The van der Waals surface area contributed by atoms with Gasteiger partial charge in [-0.25, -0.2) is 0 Å². The van der Waals surface area contributed by atoms with E-state index in [0.717, 1.165) is 6.07 Å². The van der Waals surface area contributed by atoms with Crippen molar-refractivity contribution in [2.45, 2.75) is 18.4 Å². The predicted octanol–water partition coefficient (Wildman–Crippen LogP) is 2.70. The molecule has 1 aromatic carbocycles. The lowest BCUT2D eigenvalue weighted by Crippen LogP contribution is -2.30. The number of alkyl halides is 3. The second-order valence-electron chi connectivity index (χ2n) is 3.21. The lowest BCUT2D eigenvalue weighted by atomic mass is 10.00. The van der Waals surface area contributed by atoms with E-state index in [9.17, 15) is 13.2 Å². The van der Waals surface area contributed by atoms with Crippen molar-refractivity contribution < 1.29 is 23.0 Å². The molecule has 0 aromatic heterocycles. The highest BCUT2D eigenvalue weighted by Gasteiger charge is 2.51. The normalized spacial score (nSPS) is 24.9. The van der Waals surface area contributed by atoms with E-state index in [4.69, 9.17) is 16.7 Å². The Labute approximate surface area is 88.2 Å². The summed E-state index contributed by atoms with van der Waals surface area (Å²) in [5, 5.41) is 9.33. The molecule has 1 heterocycles. The summed E-state index contributed by atoms with van der Waals surface area (Å²) in [6.45, 7) is 0. The van der Waals surface area contributed by atoms with Gasteiger partial charge in [0.05, 0.1) is 0 Å². The molecule has 0 amide bonds. The molecule has 0 saturated carbocycles. The second kappa shape index (κ2) is 3.28. The largest absolute Gasteiger partial charge is 0.464 e. The van der Waals surface area contributed by atoms with E-state index in [1.54, 1.807) is 0 Å². The smallest absolute Gasteiger partial charge is 0.401 e. The van der Waals surface area contributed by atoms with E-state index in [1.165, 1.54) is 12.1 Å². The summed E-state index contributed by atoms with van der Waals surface area (Å²) >= 11 is 5.58. The average molecular weight is 239 g/mol. The average Bonchev–Trinajstić information content (AvgIpc) is 2.38. The van der Waals surface area contributed by atoms with E-state index in [0.29, 0.717) is 0 Å². The number of benzene rings is 1. The zero-order chi connectivity index (χ0) is 11.2. The summed E-state index contributed by atoms with van der Waals surface area (Å²) in [4.78, 5) is 0. The number of rotatable bonds is 0. The van der Waals surface area contributed by atoms with Crippen LogP contribution in [0.1, 0.15) is 11.5 Å². The Morgan fingerprint density at radius 3 is 2.60 bits per heavy atom. The van der Waals surface area contributed by atoms with Gasteiger partial charge < -0.3 is 9.84 Å². The van der Waals surface area contributed by atoms with Crippen LogP contribution in [0, 0.1) is 0 Å². The molecule has 2 nitrogen and oxygen atoms in total. The minimum atomic E-state index is -4.55. The van der Waals surface area contributed by atoms with Gasteiger partial charge in [0.25, 0.3) is 0 Å². The van der Waals surface area contributed by atoms with Crippen molar-refractivity contribution in [2.24, 2.45) is 0 Å². The Kier molecular flexibility index (Phi) is 2.31. The van der Waals surface area contributed by atoms with Gasteiger partial charge in [0, 0.05) is 10.6 Å². The Balaban J connectivity index is 2.49. The molecule has 2 atom stereocenters. The van der Waals surface area contributed by atoms with E-state index < -0.39 is 18.4 Å². The highest BCUT2D eigenvalue weighted by atomic mass is 35.5. The van der Waals surface area contributed by atoms with Crippen LogP contribution in [0.4, 0.5) is 13.2 Å². The van der Waals surface area contributed by atoms with Crippen LogP contribution < -0.4 is 4.74 Å². The third kappa shape index (κ3) is 1.77. The molecule has 1 aliphatic heterocycles. The molecule has 1 aromatic rings. The molecular formula is C9H6ClF3O2. The first kappa shape index (κ1) is 10.6. The summed E-state index contributed by atoms with van der Waals surface area (Å²) in [5.74, 6) is -2.00. The summed E-state index contributed by atoms with van der Waals surface area (Å²) in [6.07, 6.45) is -6.44. The van der Waals surface area contributed by atoms with Crippen LogP contribution in [-0.2, 0) is 0 Å². The molecule has 6 heteroatoms. The molecule has 15 heavy (non-hydrogen) atoms. The molecule has 2 rings (SSSR count). The Morgan fingerprint density at radius 1 is 1.33 bits per heavy atom. The molecule has 0 unspecified atom stereocenters. The lowest BCUT2D eigenvalue weighted by molar-refractivity contribution is -0.191. The van der Waals surface area contributed by atoms with E-state index in [-0.39, 0.29) is 16.3 Å². The van der Waals surface area contributed by atoms with Crippen molar-refractivity contribution in [3.05, 3.63) is 28.8 Å². The van der Waals surface area contributed by atoms with Gasteiger partial charge in [0.1, 0.15) is 11.7 Å². The van der Waals surface area contributed by atoms with Gasteiger partial charge in [-0.1, -0.05) is 11.6 Å². The number of aliphatic hydroxyl groups is 1. The van der Waals surface area contributed by atoms with Gasteiger partial charge in [0.15, 0.2) is 0 Å². The quantitative estimate of drug-likeness (QED) is 0.753. The maximum atomic E-state index is 12.5. The maximum Gasteiger partial charge on any atom is 0.401 e. The first-order valence-corrected chi connectivity index (χ1v) is 4.48. The number of ether oxygens (including phenoxy) is 1. The van der Waals surface area contributed by atoms with Gasteiger partial charge in [0.2, 0.25) is 6.29 Å². The zero-order valence-corrected chi connectivity index (χ0v) is 8.01. The van der Waals surface area contributed by atoms with Crippen LogP contribution in [0.5, 0.6) is 5.75 Å². The number of hydrogen-bond donors (Lipinski definition) is 1. The van der Waals surface area contributed by atoms with Gasteiger partial charge in [-0.15, -0.1) is 0 Å². The Morgan fingerprint density at radius 2 is 2.00 bits per heavy atom. The van der Waals surface area contributed by atoms with Crippen molar-refractivity contribution in [3.8, 4) is 5.75 Å². The molecule has 0 saturated heterocycles. The molecule has 0 spiro atoms. The lowest BCUT2D eigenvalue weighted by Gasteiger charge is -2.16. The molecular weight excluding hydrogens is 233 g/mol. The zero-order valence-electron chi connectivity index (χ0n) is 7.25. The van der Waals surface area contributed by atoms with Crippen molar-refractivity contribution in [1.82, 2.24) is 0 Å². The second-order valence-corrected chi connectivity index (χ2v) is 3.65. The third-order valence-electron chi connectivity index (χ3n) is 2.19. The number of hydrogen-bond acceptors (Lipinski definition) is 2. The van der Waals surface area contributed by atoms with Crippen molar-refractivity contribution in [1.29, 1.82) is 0 Å². The molecule has 0 aliphatic carbocycles. The summed E-state index contributed by atoms with van der Waals surface area (Å²) < 4.78 is 42.3. The van der Waals surface area contributed by atoms with Crippen molar-refractivity contribution in [2.75, 3.05) is 0 Å². The maximum absolute atomic E-state index is 12.5. The van der Waals surface area contributed by atoms with Gasteiger partial charge in [-0.3, -0.25) is 0 Å². The summed E-state index contributed by atoms with van der Waals surface area (Å²) in [5.41, 5.74) is -0.123. The monoisotopic (exact) mass is 238 g/mol. The minimum Gasteiger partial charge on any atom is -0.464 e. The third-order valence-corrected chi connectivity index (χ3v) is 2.43. The van der Waals surface area contributed by atoms with E-state index >= 15 is 0 Å². The highest BCUT2D eigenvalue weighted by molar-refractivity contribution is 6.30. The molecule has 0 radical (unpaired) electrons. The Hall–Kier alpha value is -0.940. The summed E-state index contributed by atoms with van der Waals surface area (Å²) in [6, 6.07) is 3.88. The fraction of sp³-hybridized carbons (Fsp3) is 0.333. The highest BCUT2D eigenvalue weighted by Crippen LogP contribution is 2.47. The Bertz CT molecular complexity index is 391. The first-order chi connectivity index (χ1) is 6.89. The van der Waals surface area contributed by atoms with Crippen LogP contribution in [0.25, 0.3) is 0 Å². The fourth-order valence-electron chi connectivity index (χ4n) is 1.56. The van der Waals surface area contributed by atoms with Crippen molar-refractivity contribution >= 4 is 11.6 Å². The first-order valence-electron chi connectivity index (χ1n) is 4.10. The van der Waals surface area contributed by atoms with Crippen LogP contribution >= 0.6 is 11.6 Å². The predicted molar refractivity (Wildman–Crippen MR) is 46.9 cm³/mol. The number of fused-ring (bicyclic) bond motifs is 1. The van der Waals surface area contributed by atoms with Gasteiger partial charge in [-0.05, 0) is 18.2 Å². The molecule has 82 valence electrons. The topological polar surface area (TPSA) is 29.5 Å². The standard InChI is InChI=1S/C9H6ClF3O2/c10-4-1-2-6-5(3-4)7(8(14)15-6)9(11,12)13/h1-3,7-8,14H/t7-,8-/m1/s1. The van der Waals surface area contributed by atoms with Crippen molar-refractivity contribution in [3.63, 3.8) is 0 Å². The molecule has 0 fully saturated rings. The number of aliphatic hydroxyl groups excluding tert-OH is 1. The summed E-state index contributed by atoms with van der Waals surface area (Å²) in [7, 11) is 0.